The van der Waals surface area contributed by atoms with Crippen LogP contribution in [0.25, 0.3) is 0 Å². The molecule has 0 aliphatic carbocycles. The minimum atomic E-state index is -0.885. The molecule has 0 bridgehead atoms. The van der Waals surface area contributed by atoms with Crippen molar-refractivity contribution in [3.63, 3.8) is 0 Å². The van der Waals surface area contributed by atoms with Gasteiger partial charge in [0.25, 0.3) is 0 Å². The molecule has 8 nitrogen and oxygen atoms in total. The lowest BCUT2D eigenvalue weighted by molar-refractivity contribution is -0.887. The lowest BCUT2D eigenvalue weighted by Crippen LogP contribution is -2.50. The minimum Gasteiger partial charge on any atom is -0.477 e. The molecule has 0 fully saturated rings. The maximum absolute atomic E-state index is 12.8. The van der Waals surface area contributed by atoms with E-state index in [0.29, 0.717) is 25.7 Å². The van der Waals surface area contributed by atoms with Crippen LogP contribution < -0.4 is 0 Å². The maximum Gasteiger partial charge on any atom is 0.362 e. The second kappa shape index (κ2) is 43.2. The fourth-order valence-electron chi connectivity index (χ4n) is 6.56. The Morgan fingerprint density at radius 3 is 1.41 bits per heavy atom. The summed E-state index contributed by atoms with van der Waals surface area (Å²) in [5.74, 6) is -1.54. The molecule has 0 aromatic rings. The van der Waals surface area contributed by atoms with Crippen LogP contribution in [0.5, 0.6) is 0 Å². The highest BCUT2D eigenvalue weighted by Crippen LogP contribution is 2.13. The first kappa shape index (κ1) is 57.5. The number of hydrogen-bond donors (Lipinski definition) is 1. The Hall–Kier alpha value is -3.49. The third kappa shape index (κ3) is 41.6. The summed E-state index contributed by atoms with van der Waals surface area (Å²) in [7, 11) is 5.51. The number of carboxylic acid groups (broad SMARTS) is 1. The van der Waals surface area contributed by atoms with Crippen molar-refractivity contribution < 1.29 is 38.2 Å². The van der Waals surface area contributed by atoms with Gasteiger partial charge in [-0.05, 0) is 89.9 Å². The van der Waals surface area contributed by atoms with Crippen LogP contribution in [0.2, 0.25) is 0 Å². The number of hydrogen-bond acceptors (Lipinski definition) is 6. The molecule has 61 heavy (non-hydrogen) atoms. The first-order valence-electron chi connectivity index (χ1n) is 24.1. The molecule has 0 aromatic carbocycles. The van der Waals surface area contributed by atoms with Gasteiger partial charge >= 0.3 is 17.9 Å². The quantitative estimate of drug-likeness (QED) is 0.0283. The molecule has 8 heteroatoms. The van der Waals surface area contributed by atoms with Crippen molar-refractivity contribution in [1.29, 1.82) is 0 Å². The lowest BCUT2D eigenvalue weighted by Gasteiger charge is -2.31. The number of allylic oxidation sites excluding steroid dienone is 14. The van der Waals surface area contributed by atoms with E-state index in [-0.39, 0.29) is 36.2 Å². The van der Waals surface area contributed by atoms with Crippen LogP contribution in [-0.2, 0) is 28.6 Å². The monoisotopic (exact) mass is 853 g/mol. The van der Waals surface area contributed by atoms with Gasteiger partial charge in [0.1, 0.15) is 6.61 Å². The predicted octanol–water partition coefficient (Wildman–Crippen LogP) is 13.7. The maximum atomic E-state index is 12.8. The van der Waals surface area contributed by atoms with E-state index in [4.69, 9.17) is 14.2 Å². The second-order valence-electron chi connectivity index (χ2n) is 17.0. The lowest BCUT2D eigenvalue weighted by atomic mass is 10.1. The van der Waals surface area contributed by atoms with Crippen LogP contribution in [0.15, 0.2) is 85.1 Å². The van der Waals surface area contributed by atoms with Gasteiger partial charge in [-0.25, -0.2) is 4.79 Å². The van der Waals surface area contributed by atoms with Gasteiger partial charge in [-0.3, -0.25) is 9.59 Å². The summed E-state index contributed by atoms with van der Waals surface area (Å²) in [4.78, 5) is 37.1. The topological polar surface area (TPSA) is 99.1 Å². The summed E-state index contributed by atoms with van der Waals surface area (Å²) < 4.78 is 17.3. The van der Waals surface area contributed by atoms with Crippen molar-refractivity contribution in [1.82, 2.24) is 0 Å². The Morgan fingerprint density at radius 1 is 0.508 bits per heavy atom. The van der Waals surface area contributed by atoms with Gasteiger partial charge in [-0.1, -0.05) is 157 Å². The van der Waals surface area contributed by atoms with E-state index >= 15 is 0 Å². The van der Waals surface area contributed by atoms with E-state index in [9.17, 15) is 19.5 Å². The Bertz CT molecular complexity index is 1270. The number of quaternary nitrogens is 1. The number of carbonyl (C=O) groups excluding carboxylic acids is 2. The molecule has 0 spiro atoms. The van der Waals surface area contributed by atoms with Crippen molar-refractivity contribution >= 4 is 17.9 Å². The normalized spacial score (nSPS) is 13.7. The predicted molar refractivity (Wildman–Crippen MR) is 256 cm³/mol. The van der Waals surface area contributed by atoms with Gasteiger partial charge in [-0.2, -0.15) is 0 Å². The number of esters is 2. The van der Waals surface area contributed by atoms with Crippen LogP contribution >= 0.6 is 0 Å². The number of ether oxygens (including phenoxy) is 3. The summed E-state index contributed by atoms with van der Waals surface area (Å²) >= 11 is 0. The van der Waals surface area contributed by atoms with E-state index in [1.165, 1.54) is 57.8 Å². The molecule has 1 N–H and O–H groups in total. The first-order chi connectivity index (χ1) is 29.6. The molecule has 0 rings (SSSR count). The molecule has 0 radical (unpaired) electrons. The van der Waals surface area contributed by atoms with Crippen LogP contribution in [0.4, 0.5) is 0 Å². The minimum absolute atomic E-state index is 0.0393. The Labute approximate surface area is 373 Å². The fourth-order valence-corrected chi connectivity index (χ4v) is 6.56. The molecular formula is C53H90NO7+. The number of aliphatic carboxylic acids is 1. The zero-order valence-corrected chi connectivity index (χ0v) is 39.6. The molecule has 2 unspecified atom stereocenters. The number of likely N-dealkylation sites (N-methyl/N-ethyl adjacent to an activating group) is 1. The van der Waals surface area contributed by atoms with E-state index < -0.39 is 18.1 Å². The van der Waals surface area contributed by atoms with Crippen LogP contribution in [-0.4, -0.2) is 80.6 Å². The zero-order valence-electron chi connectivity index (χ0n) is 39.6. The average Bonchev–Trinajstić information content (AvgIpc) is 3.22. The standard InChI is InChI=1S/C53H89NO7/c1-6-8-10-12-14-16-18-20-22-24-25-26-27-28-30-31-33-35-37-39-41-43-51(55)60-48-49(47-59-46-45-50(53(57)58)54(3,4)5)61-52(56)44-42-40-38-36-34-32-29-23-21-19-17-15-13-11-9-7-2/h8,10,14,16,20,22-23,25-26,28-30,33,35,49-50H,6-7,9,11-13,15,17-19,21,24,27,31-32,34,36-48H2,1-5H3/p+1/b10-8+,16-14+,22-20+,26-25+,29-23+,30-28+,35-33+. The molecule has 0 aliphatic rings. The molecule has 2 atom stereocenters. The highest BCUT2D eigenvalue weighted by Gasteiger charge is 2.31. The van der Waals surface area contributed by atoms with Crippen LogP contribution in [0, 0.1) is 0 Å². The average molecular weight is 853 g/mol. The summed E-state index contributed by atoms with van der Waals surface area (Å²) in [6.07, 6.45) is 56.3. The fraction of sp³-hybridized carbons (Fsp3) is 0.679. The van der Waals surface area contributed by atoms with Crippen LogP contribution in [0.1, 0.15) is 181 Å². The number of nitrogens with zero attached hydrogens (tertiary/aromatic N) is 1. The van der Waals surface area contributed by atoms with Gasteiger partial charge in [0, 0.05) is 19.3 Å². The van der Waals surface area contributed by atoms with Gasteiger partial charge in [0.2, 0.25) is 0 Å². The molecule has 348 valence electrons. The second-order valence-corrected chi connectivity index (χ2v) is 17.0. The smallest absolute Gasteiger partial charge is 0.362 e. The summed E-state index contributed by atoms with van der Waals surface area (Å²) in [5, 5.41) is 9.64. The van der Waals surface area contributed by atoms with E-state index in [0.717, 1.165) is 83.5 Å². The van der Waals surface area contributed by atoms with Crippen molar-refractivity contribution in [2.24, 2.45) is 0 Å². The van der Waals surface area contributed by atoms with Crippen LogP contribution in [0.3, 0.4) is 0 Å². The SMILES string of the molecule is CC/C=C/C/C=C/C/C=C/C/C=C/C/C=C/C/C=C/CCCCC(=O)OCC(COCCC(C(=O)O)[N+](C)(C)C)OC(=O)CCCCCCC/C=C/CCCCCCCCC. The Balaban J connectivity index is 4.40. The Kier molecular flexibility index (Phi) is 40.7. The van der Waals surface area contributed by atoms with E-state index in [1.807, 2.05) is 21.1 Å². The zero-order chi connectivity index (χ0) is 44.9. The molecule has 0 saturated carbocycles. The number of rotatable bonds is 42. The van der Waals surface area contributed by atoms with E-state index in [1.54, 1.807) is 0 Å². The Morgan fingerprint density at radius 2 is 0.918 bits per heavy atom. The summed E-state index contributed by atoms with van der Waals surface area (Å²) in [6, 6.07) is -0.627. The number of unbranched alkanes of at least 4 members (excludes halogenated alkanes) is 14. The molecule has 0 aliphatic heterocycles. The highest BCUT2D eigenvalue weighted by molar-refractivity contribution is 5.72. The van der Waals surface area contributed by atoms with Gasteiger partial charge < -0.3 is 23.8 Å². The largest absolute Gasteiger partial charge is 0.477 e. The number of carboxylic acids is 1. The summed E-state index contributed by atoms with van der Waals surface area (Å²) in [6.45, 7) is 4.56. The van der Waals surface area contributed by atoms with Crippen molar-refractivity contribution in [2.45, 2.75) is 193 Å². The summed E-state index contributed by atoms with van der Waals surface area (Å²) in [5.41, 5.74) is 0. The molecule has 0 amide bonds. The number of carbonyl (C=O) groups is 3. The molecule has 0 saturated heterocycles. The van der Waals surface area contributed by atoms with Crippen molar-refractivity contribution in [3.05, 3.63) is 85.1 Å². The van der Waals surface area contributed by atoms with Crippen molar-refractivity contribution in [3.8, 4) is 0 Å². The first-order valence-corrected chi connectivity index (χ1v) is 24.1. The molecule has 0 heterocycles. The van der Waals surface area contributed by atoms with Gasteiger partial charge in [-0.15, -0.1) is 0 Å². The van der Waals surface area contributed by atoms with E-state index in [2.05, 4.69) is 98.9 Å². The third-order valence-corrected chi connectivity index (χ3v) is 10.3. The highest BCUT2D eigenvalue weighted by atomic mass is 16.6. The van der Waals surface area contributed by atoms with Gasteiger partial charge in [0.15, 0.2) is 12.1 Å². The van der Waals surface area contributed by atoms with Gasteiger partial charge in [0.05, 0.1) is 34.4 Å². The molecule has 0 aromatic heterocycles. The third-order valence-electron chi connectivity index (χ3n) is 10.3. The van der Waals surface area contributed by atoms with Crippen molar-refractivity contribution in [2.75, 3.05) is 41.0 Å². The molecular weight excluding hydrogens is 763 g/mol.